The predicted octanol–water partition coefficient (Wildman–Crippen LogP) is 11.3. The Bertz CT molecular complexity index is 2000. The lowest BCUT2D eigenvalue weighted by Crippen LogP contribution is -2.66. The van der Waals surface area contributed by atoms with Gasteiger partial charge < -0.3 is 89.9 Å². The number of ether oxygens (including phenoxy) is 6. The lowest BCUT2D eigenvalue weighted by Gasteiger charge is -2.48. The smallest absolute Gasteiger partial charge is 0.220 e. The van der Waals surface area contributed by atoms with Gasteiger partial charge in [-0.25, -0.2) is 0 Å². The first-order valence-electron chi connectivity index (χ1n) is 37.7. The first-order chi connectivity index (χ1) is 46.3. The average molecular weight is 1350 g/mol. The summed E-state index contributed by atoms with van der Waals surface area (Å²) in [6.07, 6.45) is 46.2. The van der Waals surface area contributed by atoms with Crippen LogP contribution in [0.25, 0.3) is 0 Å². The maximum Gasteiger partial charge on any atom is 0.220 e. The van der Waals surface area contributed by atoms with E-state index in [0.29, 0.717) is 12.8 Å². The molecule has 3 saturated heterocycles. The zero-order chi connectivity index (χ0) is 68.9. The number of carbonyl (C=O) groups is 1. The van der Waals surface area contributed by atoms with Gasteiger partial charge in [-0.3, -0.25) is 4.79 Å². The zero-order valence-electron chi connectivity index (χ0n) is 58.6. The van der Waals surface area contributed by atoms with Crippen molar-refractivity contribution in [3.8, 4) is 0 Å². The van der Waals surface area contributed by atoms with Crippen molar-refractivity contribution in [2.24, 2.45) is 0 Å². The quantitative estimate of drug-likeness (QED) is 0.0199. The van der Waals surface area contributed by atoms with Crippen LogP contribution in [-0.4, -0.2) is 193 Å². The fourth-order valence-electron chi connectivity index (χ4n) is 12.4. The summed E-state index contributed by atoms with van der Waals surface area (Å²) >= 11 is 0. The summed E-state index contributed by atoms with van der Waals surface area (Å²) in [5.41, 5.74) is 0. The largest absolute Gasteiger partial charge is 0.394 e. The van der Waals surface area contributed by atoms with Gasteiger partial charge in [0.05, 0.1) is 38.6 Å². The lowest BCUT2D eigenvalue weighted by atomic mass is 9.96. The van der Waals surface area contributed by atoms with Crippen molar-refractivity contribution in [3.05, 3.63) is 72.9 Å². The minimum Gasteiger partial charge on any atom is -0.394 e. The number of carbonyl (C=O) groups excluding carboxylic acids is 1. The number of nitrogens with one attached hydrogen (secondary N) is 1. The molecule has 19 nitrogen and oxygen atoms in total. The van der Waals surface area contributed by atoms with E-state index >= 15 is 0 Å². The SMILES string of the molecule is CC/C=C\C/C=C\C/C=C\C/C=C\CCCCCCC(=O)NC(COC1OC(CO)C(OC2OC(CO)C(OC3OC(CO)C(O)C(O)C3O)C(O)C2O)C(O)C1O)C(O)/C=C/CC/C=C/CCCCCCCCCCCCCCCCCCCCCCCCCCCCC. The highest BCUT2D eigenvalue weighted by Crippen LogP contribution is 2.33. The Balaban J connectivity index is 1.39. The molecule has 12 N–H and O–H groups in total. The number of hydrogen-bond donors (Lipinski definition) is 12. The van der Waals surface area contributed by atoms with Gasteiger partial charge in [0.1, 0.15) is 73.2 Å². The second-order valence-corrected chi connectivity index (χ2v) is 26.7. The van der Waals surface area contributed by atoms with Crippen LogP contribution in [0.15, 0.2) is 72.9 Å². The summed E-state index contributed by atoms with van der Waals surface area (Å²) in [6.45, 7) is 1.59. The molecule has 0 saturated carbocycles. The van der Waals surface area contributed by atoms with Gasteiger partial charge >= 0.3 is 0 Å². The summed E-state index contributed by atoms with van der Waals surface area (Å²) in [6, 6.07) is -1.01. The molecule has 95 heavy (non-hydrogen) atoms. The Morgan fingerprint density at radius 1 is 0.389 bits per heavy atom. The van der Waals surface area contributed by atoms with E-state index in [4.69, 9.17) is 28.4 Å². The number of hydrogen-bond acceptors (Lipinski definition) is 18. The van der Waals surface area contributed by atoms with Crippen molar-refractivity contribution >= 4 is 5.91 Å². The maximum absolute atomic E-state index is 13.4. The van der Waals surface area contributed by atoms with Crippen molar-refractivity contribution < 1.29 is 89.4 Å². The highest BCUT2D eigenvalue weighted by atomic mass is 16.8. The van der Waals surface area contributed by atoms with E-state index in [-0.39, 0.29) is 18.9 Å². The van der Waals surface area contributed by atoms with Crippen LogP contribution in [0, 0.1) is 0 Å². The van der Waals surface area contributed by atoms with Gasteiger partial charge in [-0.15, -0.1) is 0 Å². The van der Waals surface area contributed by atoms with Crippen LogP contribution in [0.1, 0.15) is 271 Å². The van der Waals surface area contributed by atoms with E-state index in [9.17, 15) is 61.0 Å². The minimum atomic E-state index is -1.99. The molecule has 0 bridgehead atoms. The number of allylic oxidation sites excluding steroid dienone is 11. The molecule has 17 unspecified atom stereocenters. The zero-order valence-corrected chi connectivity index (χ0v) is 58.6. The van der Waals surface area contributed by atoms with Crippen molar-refractivity contribution in [2.75, 3.05) is 26.4 Å². The normalized spacial score (nSPS) is 27.6. The Morgan fingerprint density at radius 3 is 1.18 bits per heavy atom. The third-order valence-corrected chi connectivity index (χ3v) is 18.5. The van der Waals surface area contributed by atoms with Gasteiger partial charge in [0.25, 0.3) is 0 Å². The fraction of sp³-hybridized carbons (Fsp3) is 0.829. The molecule has 552 valence electrons. The molecule has 0 aliphatic carbocycles. The summed E-state index contributed by atoms with van der Waals surface area (Å²) in [4.78, 5) is 13.4. The average Bonchev–Trinajstić information content (AvgIpc) is 0.787. The Kier molecular flexibility index (Phi) is 51.8. The third kappa shape index (κ3) is 38.0. The highest BCUT2D eigenvalue weighted by Gasteiger charge is 2.53. The number of aliphatic hydroxyl groups excluding tert-OH is 11. The van der Waals surface area contributed by atoms with E-state index in [1.807, 2.05) is 6.08 Å². The highest BCUT2D eigenvalue weighted by molar-refractivity contribution is 5.76. The fourth-order valence-corrected chi connectivity index (χ4v) is 12.4. The second kappa shape index (κ2) is 56.9. The number of unbranched alkanes of at least 4 members (excludes halogenated alkanes) is 32. The molecule has 3 fully saturated rings. The molecule has 19 heteroatoms. The van der Waals surface area contributed by atoms with Gasteiger partial charge in [0.2, 0.25) is 5.91 Å². The van der Waals surface area contributed by atoms with Crippen molar-refractivity contribution in [1.29, 1.82) is 0 Å². The van der Waals surface area contributed by atoms with Gasteiger partial charge in [-0.05, 0) is 70.6 Å². The van der Waals surface area contributed by atoms with Crippen molar-refractivity contribution in [3.63, 3.8) is 0 Å². The Morgan fingerprint density at radius 2 is 0.737 bits per heavy atom. The molecule has 17 atom stereocenters. The molecule has 3 rings (SSSR count). The van der Waals surface area contributed by atoms with E-state index in [1.165, 1.54) is 167 Å². The van der Waals surface area contributed by atoms with E-state index in [2.05, 4.69) is 79.9 Å². The molecule has 3 aliphatic heterocycles. The second-order valence-electron chi connectivity index (χ2n) is 26.7. The lowest BCUT2D eigenvalue weighted by molar-refractivity contribution is -0.379. The van der Waals surface area contributed by atoms with E-state index in [0.717, 1.165) is 70.6 Å². The van der Waals surface area contributed by atoms with Crippen molar-refractivity contribution in [1.82, 2.24) is 5.32 Å². The van der Waals surface area contributed by atoms with Crippen LogP contribution in [0.5, 0.6) is 0 Å². The first-order valence-corrected chi connectivity index (χ1v) is 37.7. The molecule has 0 spiro atoms. The molecule has 0 aromatic carbocycles. The van der Waals surface area contributed by atoms with E-state index < -0.39 is 124 Å². The molecule has 0 aromatic rings. The van der Waals surface area contributed by atoms with Crippen LogP contribution < -0.4 is 5.32 Å². The molecule has 3 heterocycles. The predicted molar refractivity (Wildman–Crippen MR) is 374 cm³/mol. The van der Waals surface area contributed by atoms with Gasteiger partial charge in [-0.1, -0.05) is 267 Å². The maximum atomic E-state index is 13.4. The number of rotatable bonds is 58. The number of amides is 1. The monoisotopic (exact) mass is 1350 g/mol. The molecular formula is C76H135NO18. The van der Waals surface area contributed by atoms with Crippen LogP contribution in [-0.2, 0) is 33.2 Å². The molecular weight excluding hydrogens is 1210 g/mol. The van der Waals surface area contributed by atoms with Crippen molar-refractivity contribution in [2.45, 2.75) is 375 Å². The van der Waals surface area contributed by atoms with Gasteiger partial charge in [0, 0.05) is 6.42 Å². The Hall–Kier alpha value is -2.77. The van der Waals surface area contributed by atoms with Gasteiger partial charge in [0.15, 0.2) is 18.9 Å². The standard InChI is InChI=1S/C76H135NO18/c1-3-5-7-9-11-13-15-17-19-21-22-23-24-25-26-27-28-29-30-31-32-33-34-35-36-38-39-41-43-45-47-49-51-53-60(81)59(77-64(82)54-52-50-48-46-44-42-40-37-20-18-16-14-12-10-8-6-4-2)58-90-74-70(88)67(85)72(62(56-79)92-74)95-76-71(89)68(86)73(63(57-80)93-76)94-75-69(87)66(84)65(83)61(55-78)91-75/h6,8,12,14,18,20,40,42-43,45,51,53,59-63,65-76,78-81,83-89H,3-5,7,9-11,13,15-17,19,21-39,41,44,46-50,52,54-58H2,1-2H3,(H,77,82)/b8-6-,14-12-,20-18-,42-40-,45-43+,53-51+. The summed E-state index contributed by atoms with van der Waals surface area (Å²) in [7, 11) is 0. The summed E-state index contributed by atoms with van der Waals surface area (Å²) in [5.74, 6) is -0.309. The van der Waals surface area contributed by atoms with E-state index in [1.54, 1.807) is 6.08 Å². The van der Waals surface area contributed by atoms with Gasteiger partial charge in [-0.2, -0.15) is 0 Å². The molecule has 1 amide bonds. The molecule has 0 radical (unpaired) electrons. The first kappa shape index (κ1) is 86.5. The van der Waals surface area contributed by atoms with Crippen LogP contribution in [0.4, 0.5) is 0 Å². The topological polar surface area (TPSA) is 307 Å². The minimum absolute atomic E-state index is 0.204. The molecule has 0 aromatic heterocycles. The van der Waals surface area contributed by atoms with Crippen LogP contribution >= 0.6 is 0 Å². The van der Waals surface area contributed by atoms with Crippen LogP contribution in [0.3, 0.4) is 0 Å². The summed E-state index contributed by atoms with van der Waals surface area (Å²) in [5, 5.41) is 121. The Labute approximate surface area is 572 Å². The summed E-state index contributed by atoms with van der Waals surface area (Å²) < 4.78 is 34.3. The number of aliphatic hydroxyl groups is 11. The third-order valence-electron chi connectivity index (χ3n) is 18.5. The molecule has 3 aliphatic rings. The van der Waals surface area contributed by atoms with Crippen LogP contribution in [0.2, 0.25) is 0 Å².